The Morgan fingerprint density at radius 2 is 1.87 bits per heavy atom. The lowest BCUT2D eigenvalue weighted by Gasteiger charge is -2.43. The minimum absolute atomic E-state index is 0.138. The van der Waals surface area contributed by atoms with Crippen molar-refractivity contribution in [3.05, 3.63) is 59.2 Å². The van der Waals surface area contributed by atoms with Crippen molar-refractivity contribution in [2.45, 2.75) is 69.7 Å². The van der Waals surface area contributed by atoms with Gasteiger partial charge in [0.25, 0.3) is 0 Å². The maximum absolute atomic E-state index is 13.9. The number of morpholine rings is 1. The molecule has 7 nitrogen and oxygen atoms in total. The lowest BCUT2D eigenvalue weighted by Crippen LogP contribution is -2.61. The van der Waals surface area contributed by atoms with Gasteiger partial charge in [-0.3, -0.25) is 19.6 Å². The molecule has 6 rings (SSSR count). The average Bonchev–Trinajstić information content (AvgIpc) is 3.36. The molecule has 8 heteroatoms. The second-order valence-electron chi connectivity index (χ2n) is 12.4. The van der Waals surface area contributed by atoms with E-state index in [-0.39, 0.29) is 17.1 Å². The number of nitrogens with one attached hydrogen (secondary N) is 1. The minimum atomic E-state index is -0.235. The van der Waals surface area contributed by atoms with Crippen molar-refractivity contribution < 1.29 is 13.9 Å². The number of likely N-dealkylation sites (tertiary alicyclic amines) is 1. The molecule has 4 aliphatic rings. The molecule has 1 aromatic carbocycles. The van der Waals surface area contributed by atoms with Crippen LogP contribution < -0.4 is 10.2 Å². The Bertz CT molecular complexity index is 1160. The first-order chi connectivity index (χ1) is 18.2. The zero-order valence-electron chi connectivity index (χ0n) is 22.8. The predicted molar refractivity (Wildman–Crippen MR) is 146 cm³/mol. The number of nitrogens with zero attached hydrogens (tertiary/aromatic N) is 4. The number of aromatic nitrogens is 1. The predicted octanol–water partition coefficient (Wildman–Crippen LogP) is 2.96. The molecule has 0 spiro atoms. The number of amides is 1. The third-order valence-corrected chi connectivity index (χ3v) is 8.69. The molecular weight excluding hydrogens is 481 g/mol. The zero-order valence-corrected chi connectivity index (χ0v) is 22.8. The standard InChI is InChI=1S/C30H40FN5O2/c1-20-14-35(24(13-32-20)15-34-16-25-8-9-26(17-34)38-25)18-28(37)36-19-30(2,3)29-27(36)11-22(12-33-29)10-21-4-6-23(31)7-5-21/h4-7,11-12,20,24-26,32H,8-10,13-19H2,1-3H3/t20-,24-,25?,26?/m1/s1. The third-order valence-electron chi connectivity index (χ3n) is 8.69. The molecule has 1 aromatic heterocycles. The molecule has 2 unspecified atom stereocenters. The van der Waals surface area contributed by atoms with E-state index in [0.717, 1.165) is 55.2 Å². The summed E-state index contributed by atoms with van der Waals surface area (Å²) < 4.78 is 19.4. The summed E-state index contributed by atoms with van der Waals surface area (Å²) >= 11 is 0. The Labute approximate surface area is 225 Å². The number of hydrogen-bond acceptors (Lipinski definition) is 6. The Morgan fingerprint density at radius 3 is 2.61 bits per heavy atom. The molecule has 4 atom stereocenters. The molecule has 204 valence electrons. The number of piperazine rings is 1. The van der Waals surface area contributed by atoms with Crippen molar-refractivity contribution in [2.24, 2.45) is 0 Å². The average molecular weight is 522 g/mol. The summed E-state index contributed by atoms with van der Waals surface area (Å²) in [7, 11) is 0. The number of anilines is 1. The van der Waals surface area contributed by atoms with Crippen LogP contribution in [0.1, 0.15) is 50.4 Å². The van der Waals surface area contributed by atoms with Crippen LogP contribution in [0.2, 0.25) is 0 Å². The molecule has 38 heavy (non-hydrogen) atoms. The van der Waals surface area contributed by atoms with Gasteiger partial charge in [0.15, 0.2) is 0 Å². The molecule has 3 fully saturated rings. The fourth-order valence-electron chi connectivity index (χ4n) is 6.75. The lowest BCUT2D eigenvalue weighted by molar-refractivity contribution is -0.121. The number of halogens is 1. The molecule has 2 aromatic rings. The lowest BCUT2D eigenvalue weighted by atomic mass is 9.91. The molecule has 0 radical (unpaired) electrons. The molecule has 5 heterocycles. The normalized spacial score (nSPS) is 29.0. The summed E-state index contributed by atoms with van der Waals surface area (Å²) in [4.78, 5) is 25.6. The summed E-state index contributed by atoms with van der Waals surface area (Å²) in [6.45, 7) is 12.3. The van der Waals surface area contributed by atoms with Crippen LogP contribution in [0.3, 0.4) is 0 Å². The molecule has 4 aliphatic heterocycles. The monoisotopic (exact) mass is 521 g/mol. The van der Waals surface area contributed by atoms with E-state index in [1.807, 2.05) is 11.1 Å². The van der Waals surface area contributed by atoms with E-state index in [0.29, 0.717) is 43.8 Å². The van der Waals surface area contributed by atoms with Gasteiger partial charge in [0.2, 0.25) is 5.91 Å². The quantitative estimate of drug-likeness (QED) is 0.631. The number of benzene rings is 1. The number of carbonyl (C=O) groups is 1. The summed E-state index contributed by atoms with van der Waals surface area (Å²) in [5, 5.41) is 3.64. The Morgan fingerprint density at radius 1 is 1.13 bits per heavy atom. The summed E-state index contributed by atoms with van der Waals surface area (Å²) in [5.41, 5.74) is 3.74. The maximum Gasteiger partial charge on any atom is 0.241 e. The van der Waals surface area contributed by atoms with Gasteiger partial charge in [-0.25, -0.2) is 4.39 Å². The van der Waals surface area contributed by atoms with Gasteiger partial charge in [-0.2, -0.15) is 0 Å². The Hall–Kier alpha value is -2.39. The van der Waals surface area contributed by atoms with Crippen LogP contribution in [-0.4, -0.2) is 90.8 Å². The van der Waals surface area contributed by atoms with E-state index in [4.69, 9.17) is 9.72 Å². The summed E-state index contributed by atoms with van der Waals surface area (Å²) in [6, 6.07) is 9.35. The van der Waals surface area contributed by atoms with E-state index in [1.54, 1.807) is 12.1 Å². The highest BCUT2D eigenvalue weighted by Gasteiger charge is 2.41. The smallest absolute Gasteiger partial charge is 0.241 e. The number of carbonyl (C=O) groups excluding carboxylic acids is 1. The van der Waals surface area contributed by atoms with Gasteiger partial charge in [0.1, 0.15) is 5.82 Å². The van der Waals surface area contributed by atoms with Crippen molar-refractivity contribution in [1.82, 2.24) is 20.1 Å². The van der Waals surface area contributed by atoms with Crippen LogP contribution in [0.4, 0.5) is 10.1 Å². The highest BCUT2D eigenvalue weighted by molar-refractivity contribution is 5.97. The van der Waals surface area contributed by atoms with Gasteiger partial charge in [0.05, 0.1) is 30.1 Å². The van der Waals surface area contributed by atoms with E-state index >= 15 is 0 Å². The fraction of sp³-hybridized carbons (Fsp3) is 0.600. The molecular formula is C30H40FN5O2. The second-order valence-corrected chi connectivity index (χ2v) is 12.4. The van der Waals surface area contributed by atoms with E-state index < -0.39 is 0 Å². The zero-order chi connectivity index (χ0) is 26.4. The number of pyridine rings is 1. The summed E-state index contributed by atoms with van der Waals surface area (Å²) in [5.74, 6) is -0.0976. The van der Waals surface area contributed by atoms with Crippen LogP contribution >= 0.6 is 0 Å². The van der Waals surface area contributed by atoms with E-state index in [1.165, 1.54) is 25.0 Å². The van der Waals surface area contributed by atoms with Gasteiger partial charge >= 0.3 is 0 Å². The van der Waals surface area contributed by atoms with Gasteiger partial charge in [-0.1, -0.05) is 26.0 Å². The van der Waals surface area contributed by atoms with E-state index in [9.17, 15) is 9.18 Å². The number of hydrogen-bond donors (Lipinski definition) is 1. The van der Waals surface area contributed by atoms with Crippen LogP contribution in [0.25, 0.3) is 0 Å². The highest BCUT2D eigenvalue weighted by atomic mass is 19.1. The Kier molecular flexibility index (Phi) is 7.01. The highest BCUT2D eigenvalue weighted by Crippen LogP contribution is 2.40. The van der Waals surface area contributed by atoms with Crippen molar-refractivity contribution in [1.29, 1.82) is 0 Å². The number of rotatable bonds is 6. The maximum atomic E-state index is 13.9. The van der Waals surface area contributed by atoms with Crippen molar-refractivity contribution in [2.75, 3.05) is 50.7 Å². The molecule has 2 bridgehead atoms. The fourth-order valence-corrected chi connectivity index (χ4v) is 6.75. The van der Waals surface area contributed by atoms with Crippen LogP contribution in [0, 0.1) is 5.82 Å². The molecule has 0 saturated carbocycles. The first-order valence-corrected chi connectivity index (χ1v) is 14.1. The second kappa shape index (κ2) is 10.3. The van der Waals surface area contributed by atoms with Crippen LogP contribution in [0.15, 0.2) is 36.5 Å². The first-order valence-electron chi connectivity index (χ1n) is 14.1. The van der Waals surface area contributed by atoms with Gasteiger partial charge in [-0.15, -0.1) is 0 Å². The number of fused-ring (bicyclic) bond motifs is 3. The minimum Gasteiger partial charge on any atom is -0.372 e. The molecule has 1 amide bonds. The third kappa shape index (κ3) is 5.37. The molecule has 1 N–H and O–H groups in total. The van der Waals surface area contributed by atoms with Crippen LogP contribution in [0.5, 0.6) is 0 Å². The largest absolute Gasteiger partial charge is 0.372 e. The van der Waals surface area contributed by atoms with Gasteiger partial charge in [0, 0.05) is 63.0 Å². The molecule has 0 aliphatic carbocycles. The van der Waals surface area contributed by atoms with Crippen LogP contribution in [-0.2, 0) is 21.4 Å². The summed E-state index contributed by atoms with van der Waals surface area (Å²) in [6.07, 6.45) is 5.65. The first kappa shape index (κ1) is 25.9. The van der Waals surface area contributed by atoms with Gasteiger partial charge in [-0.05, 0) is 55.5 Å². The van der Waals surface area contributed by atoms with E-state index in [2.05, 4.69) is 42.0 Å². The Balaban J connectivity index is 1.17. The topological polar surface area (TPSA) is 60.9 Å². The van der Waals surface area contributed by atoms with Gasteiger partial charge < -0.3 is 15.0 Å². The number of ether oxygens (including phenoxy) is 1. The van der Waals surface area contributed by atoms with Crippen molar-refractivity contribution >= 4 is 11.6 Å². The van der Waals surface area contributed by atoms with Crippen molar-refractivity contribution in [3.8, 4) is 0 Å². The SMILES string of the molecule is C[C@@H]1CN(CC(=O)N2CC(C)(C)c3ncc(Cc4ccc(F)cc4)cc32)[C@@H](CN2CC3CCC(C2)O3)CN1. The molecule has 3 saturated heterocycles. The van der Waals surface area contributed by atoms with Crippen molar-refractivity contribution in [3.63, 3.8) is 0 Å².